The summed E-state index contributed by atoms with van der Waals surface area (Å²) in [6.45, 7) is 4.12. The van der Waals surface area contributed by atoms with Gasteiger partial charge in [-0.25, -0.2) is 0 Å². The van der Waals surface area contributed by atoms with Crippen LogP contribution in [0, 0.1) is 6.92 Å². The molecule has 3 rings (SSSR count). The van der Waals surface area contributed by atoms with Crippen molar-refractivity contribution in [3.8, 4) is 11.5 Å². The van der Waals surface area contributed by atoms with Gasteiger partial charge in [0.25, 0.3) is 5.89 Å². The van der Waals surface area contributed by atoms with Gasteiger partial charge in [-0.1, -0.05) is 27.2 Å². The third-order valence-corrected chi connectivity index (χ3v) is 4.42. The zero-order valence-corrected chi connectivity index (χ0v) is 12.4. The summed E-state index contributed by atoms with van der Waals surface area (Å²) in [7, 11) is 0. The van der Waals surface area contributed by atoms with Gasteiger partial charge in [-0.2, -0.15) is 4.98 Å². The molecule has 0 amide bonds. The van der Waals surface area contributed by atoms with Crippen molar-refractivity contribution in [1.82, 2.24) is 15.5 Å². The molecule has 2 aromatic rings. The van der Waals surface area contributed by atoms with Crippen molar-refractivity contribution < 1.29 is 4.52 Å². The average Bonchev–Trinajstić information content (AvgIpc) is 2.93. The predicted octanol–water partition coefficient (Wildman–Crippen LogP) is 3.27. The number of benzene rings is 1. The number of rotatable bonds is 2. The first-order chi connectivity index (χ1) is 9.24. The average molecular weight is 322 g/mol. The maximum absolute atomic E-state index is 5.40. The van der Waals surface area contributed by atoms with E-state index in [2.05, 4.69) is 38.3 Å². The molecule has 0 saturated carbocycles. The summed E-state index contributed by atoms with van der Waals surface area (Å²) < 4.78 is 6.46. The monoisotopic (exact) mass is 321 g/mol. The van der Waals surface area contributed by atoms with Crippen LogP contribution in [-0.4, -0.2) is 23.2 Å². The van der Waals surface area contributed by atoms with Crippen LogP contribution in [0.2, 0.25) is 0 Å². The number of piperidine rings is 1. The van der Waals surface area contributed by atoms with Gasteiger partial charge in [0.2, 0.25) is 0 Å². The van der Waals surface area contributed by atoms with Crippen LogP contribution >= 0.6 is 15.9 Å². The molecule has 1 fully saturated rings. The largest absolute Gasteiger partial charge is 0.334 e. The van der Waals surface area contributed by atoms with Crippen LogP contribution < -0.4 is 5.32 Å². The molecule has 2 heterocycles. The van der Waals surface area contributed by atoms with Crippen molar-refractivity contribution in [2.24, 2.45) is 0 Å². The first kappa shape index (κ1) is 12.8. The van der Waals surface area contributed by atoms with Crippen LogP contribution in [-0.2, 0) is 0 Å². The summed E-state index contributed by atoms with van der Waals surface area (Å²) in [6.07, 6.45) is 2.16. The molecule has 100 valence electrons. The molecule has 1 N–H and O–H groups in total. The third kappa shape index (κ3) is 2.72. The molecule has 0 radical (unpaired) electrons. The second-order valence-electron chi connectivity index (χ2n) is 4.95. The van der Waals surface area contributed by atoms with Gasteiger partial charge >= 0.3 is 0 Å². The van der Waals surface area contributed by atoms with E-state index in [0.29, 0.717) is 11.8 Å². The molecule has 19 heavy (non-hydrogen) atoms. The van der Waals surface area contributed by atoms with Crippen LogP contribution in [0.15, 0.2) is 27.2 Å². The SMILES string of the molecule is Cc1ccc(-c2nc(C3CCNCC3)no2)cc1Br. The minimum atomic E-state index is 0.424. The first-order valence-corrected chi connectivity index (χ1v) is 7.34. The standard InChI is InChI=1S/C14H16BrN3O/c1-9-2-3-11(8-12(9)15)14-17-13(18-19-14)10-4-6-16-7-5-10/h2-3,8,10,16H,4-7H2,1H3. The highest BCUT2D eigenvalue weighted by Gasteiger charge is 2.21. The summed E-state index contributed by atoms with van der Waals surface area (Å²) >= 11 is 3.53. The van der Waals surface area contributed by atoms with Gasteiger partial charge in [-0.3, -0.25) is 0 Å². The summed E-state index contributed by atoms with van der Waals surface area (Å²) in [6, 6.07) is 6.09. The van der Waals surface area contributed by atoms with Crippen LogP contribution in [0.5, 0.6) is 0 Å². The van der Waals surface area contributed by atoms with Gasteiger partial charge in [0.15, 0.2) is 5.82 Å². The van der Waals surface area contributed by atoms with Crippen LogP contribution in [0.1, 0.15) is 30.1 Å². The summed E-state index contributed by atoms with van der Waals surface area (Å²) in [5.74, 6) is 1.87. The molecule has 1 aromatic carbocycles. The van der Waals surface area contributed by atoms with Gasteiger partial charge < -0.3 is 9.84 Å². The minimum Gasteiger partial charge on any atom is -0.334 e. The fraction of sp³-hybridized carbons (Fsp3) is 0.429. The lowest BCUT2D eigenvalue weighted by Crippen LogP contribution is -2.27. The van der Waals surface area contributed by atoms with Crippen LogP contribution in [0.4, 0.5) is 0 Å². The van der Waals surface area contributed by atoms with E-state index in [9.17, 15) is 0 Å². The molecule has 0 atom stereocenters. The van der Waals surface area contributed by atoms with E-state index < -0.39 is 0 Å². The number of aryl methyl sites for hydroxylation is 1. The zero-order chi connectivity index (χ0) is 13.2. The molecule has 0 bridgehead atoms. The molecule has 0 aliphatic carbocycles. The lowest BCUT2D eigenvalue weighted by molar-refractivity contribution is 0.392. The van der Waals surface area contributed by atoms with Crippen LogP contribution in [0.3, 0.4) is 0 Å². The van der Waals surface area contributed by atoms with E-state index in [0.717, 1.165) is 41.8 Å². The number of hydrogen-bond acceptors (Lipinski definition) is 4. The smallest absolute Gasteiger partial charge is 0.257 e. The van der Waals surface area contributed by atoms with Crippen molar-refractivity contribution in [3.05, 3.63) is 34.1 Å². The molecule has 1 aliphatic heterocycles. The molecule has 0 unspecified atom stereocenters. The van der Waals surface area contributed by atoms with E-state index in [1.165, 1.54) is 5.56 Å². The highest BCUT2D eigenvalue weighted by atomic mass is 79.9. The van der Waals surface area contributed by atoms with E-state index >= 15 is 0 Å². The highest BCUT2D eigenvalue weighted by molar-refractivity contribution is 9.10. The lowest BCUT2D eigenvalue weighted by atomic mass is 9.98. The van der Waals surface area contributed by atoms with Gasteiger partial charge in [0, 0.05) is 16.0 Å². The van der Waals surface area contributed by atoms with E-state index in [1.54, 1.807) is 0 Å². The number of halogens is 1. The third-order valence-electron chi connectivity index (χ3n) is 3.56. The topological polar surface area (TPSA) is 51.0 Å². The number of nitrogens with zero attached hydrogens (tertiary/aromatic N) is 2. The van der Waals surface area contributed by atoms with Gasteiger partial charge in [-0.05, 0) is 50.6 Å². The molecule has 1 saturated heterocycles. The Hall–Kier alpha value is -1.20. The molecule has 5 heteroatoms. The maximum Gasteiger partial charge on any atom is 0.257 e. The lowest BCUT2D eigenvalue weighted by Gasteiger charge is -2.18. The second-order valence-corrected chi connectivity index (χ2v) is 5.80. The summed E-state index contributed by atoms with van der Waals surface area (Å²) in [5.41, 5.74) is 2.16. The molecular formula is C14H16BrN3O. The number of nitrogens with one attached hydrogen (secondary N) is 1. The summed E-state index contributed by atoms with van der Waals surface area (Å²) in [5, 5.41) is 7.48. The Labute approximate surface area is 120 Å². The fourth-order valence-corrected chi connectivity index (χ4v) is 2.70. The van der Waals surface area contributed by atoms with E-state index in [1.807, 2.05) is 18.2 Å². The van der Waals surface area contributed by atoms with Crippen LogP contribution in [0.25, 0.3) is 11.5 Å². The van der Waals surface area contributed by atoms with Crippen molar-refractivity contribution in [2.45, 2.75) is 25.7 Å². The second kappa shape index (κ2) is 5.43. The first-order valence-electron chi connectivity index (χ1n) is 6.55. The molecular weight excluding hydrogens is 306 g/mol. The molecule has 4 nitrogen and oxygen atoms in total. The predicted molar refractivity (Wildman–Crippen MR) is 77.0 cm³/mol. The Balaban J connectivity index is 1.85. The molecule has 1 aliphatic rings. The Morgan fingerprint density at radius 3 is 2.84 bits per heavy atom. The van der Waals surface area contributed by atoms with Gasteiger partial charge in [0.1, 0.15) is 0 Å². The zero-order valence-electron chi connectivity index (χ0n) is 10.8. The van der Waals surface area contributed by atoms with Crippen molar-refractivity contribution in [3.63, 3.8) is 0 Å². The fourth-order valence-electron chi connectivity index (χ4n) is 2.32. The Morgan fingerprint density at radius 1 is 1.32 bits per heavy atom. The number of hydrogen-bond donors (Lipinski definition) is 1. The number of aromatic nitrogens is 2. The Bertz CT molecular complexity index is 576. The minimum absolute atomic E-state index is 0.424. The van der Waals surface area contributed by atoms with E-state index in [4.69, 9.17) is 4.52 Å². The van der Waals surface area contributed by atoms with Crippen molar-refractivity contribution >= 4 is 15.9 Å². The summed E-state index contributed by atoms with van der Waals surface area (Å²) in [4.78, 5) is 4.55. The molecule has 0 spiro atoms. The van der Waals surface area contributed by atoms with Gasteiger partial charge in [-0.15, -0.1) is 0 Å². The highest BCUT2D eigenvalue weighted by Crippen LogP contribution is 2.27. The van der Waals surface area contributed by atoms with E-state index in [-0.39, 0.29) is 0 Å². The van der Waals surface area contributed by atoms with Gasteiger partial charge in [0.05, 0.1) is 0 Å². The quantitative estimate of drug-likeness (QED) is 0.922. The maximum atomic E-state index is 5.40. The normalized spacial score (nSPS) is 16.7. The Kier molecular flexibility index (Phi) is 3.66. The van der Waals surface area contributed by atoms with Crippen molar-refractivity contribution in [1.29, 1.82) is 0 Å². The molecule has 1 aromatic heterocycles. The van der Waals surface area contributed by atoms with Crippen molar-refractivity contribution in [2.75, 3.05) is 13.1 Å². The Morgan fingerprint density at radius 2 is 2.11 bits per heavy atom.